The van der Waals surface area contributed by atoms with Crippen molar-refractivity contribution in [3.8, 4) is 67.5 Å². The predicted molar refractivity (Wildman–Crippen MR) is 170 cm³/mol. The summed E-state index contributed by atoms with van der Waals surface area (Å²) in [5.74, 6) is 0.696. The number of benzene rings is 7. The molecule has 0 aliphatic carbocycles. The normalized spacial score (nSPS) is 11.2. The Morgan fingerprint density at radius 1 is 0.286 bits per heavy atom. The van der Waals surface area contributed by atoms with Crippen molar-refractivity contribution >= 4 is 21.5 Å². The molecule has 0 aliphatic heterocycles. The summed E-state index contributed by atoms with van der Waals surface area (Å²) in [6.45, 7) is 0. The molecule has 4 nitrogen and oxygen atoms in total. The second-order valence-electron chi connectivity index (χ2n) is 10.4. The molecule has 0 saturated heterocycles. The second kappa shape index (κ2) is 10.0. The molecule has 0 amide bonds. The van der Waals surface area contributed by atoms with Crippen molar-refractivity contribution in [2.75, 3.05) is 0 Å². The van der Waals surface area contributed by atoms with E-state index in [1.807, 2.05) is 60.7 Å². The average Bonchev–Trinajstić information content (AvgIpc) is 3.01. The van der Waals surface area contributed by atoms with E-state index in [9.17, 15) is 20.4 Å². The van der Waals surface area contributed by atoms with Gasteiger partial charge in [0.2, 0.25) is 0 Å². The lowest BCUT2D eigenvalue weighted by atomic mass is 9.78. The van der Waals surface area contributed by atoms with E-state index >= 15 is 0 Å². The third-order valence-corrected chi connectivity index (χ3v) is 7.80. The Morgan fingerprint density at radius 3 is 0.833 bits per heavy atom. The van der Waals surface area contributed by atoms with Crippen molar-refractivity contribution < 1.29 is 20.4 Å². The molecule has 7 aromatic carbocycles. The Bertz CT molecular complexity index is 1920. The van der Waals surface area contributed by atoms with Gasteiger partial charge in [-0.15, -0.1) is 0 Å². The Morgan fingerprint density at radius 2 is 0.548 bits per heavy atom. The van der Waals surface area contributed by atoms with Crippen LogP contribution in [0.15, 0.2) is 133 Å². The van der Waals surface area contributed by atoms with E-state index in [1.165, 1.54) is 0 Å². The smallest absolute Gasteiger partial charge is 0.115 e. The van der Waals surface area contributed by atoms with Crippen molar-refractivity contribution in [2.45, 2.75) is 0 Å². The van der Waals surface area contributed by atoms with Gasteiger partial charge in [-0.05, 0) is 127 Å². The zero-order valence-corrected chi connectivity index (χ0v) is 22.5. The lowest BCUT2D eigenvalue weighted by Crippen LogP contribution is -1.97. The van der Waals surface area contributed by atoms with Gasteiger partial charge in [0.25, 0.3) is 0 Å². The highest BCUT2D eigenvalue weighted by atomic mass is 16.3. The maximum absolute atomic E-state index is 10.2. The molecular formula is C38H26O4. The van der Waals surface area contributed by atoms with Crippen LogP contribution < -0.4 is 0 Å². The molecule has 0 aliphatic rings. The van der Waals surface area contributed by atoms with Crippen LogP contribution in [-0.2, 0) is 0 Å². The SMILES string of the molecule is Oc1ccc(-c2c(-c3ccc(O)cc3)c(-c3ccc(O)cc3)c3cc4ccccc4cc3c2-c2ccc(O)cc2)cc1. The molecular weight excluding hydrogens is 520 g/mol. The fourth-order valence-corrected chi connectivity index (χ4v) is 5.86. The lowest BCUT2D eigenvalue weighted by molar-refractivity contribution is 0.475. The van der Waals surface area contributed by atoms with Crippen LogP contribution in [0.5, 0.6) is 23.0 Å². The molecule has 4 N–H and O–H groups in total. The number of hydrogen-bond acceptors (Lipinski definition) is 4. The summed E-state index contributed by atoms with van der Waals surface area (Å²) < 4.78 is 0. The fraction of sp³-hybridized carbons (Fsp3) is 0. The van der Waals surface area contributed by atoms with E-state index in [0.29, 0.717) is 0 Å². The standard InChI is InChI=1S/C38H26O4/c39-29-13-5-23(6-14-29)35-33-21-27-3-1-2-4-28(27)22-34(33)36(24-7-15-30(40)16-8-24)38(26-11-19-32(42)20-12-26)37(35)25-9-17-31(41)18-10-25/h1-22,39-42H. The third kappa shape index (κ3) is 4.36. The van der Waals surface area contributed by atoms with E-state index < -0.39 is 0 Å². The monoisotopic (exact) mass is 546 g/mol. The first-order valence-electron chi connectivity index (χ1n) is 13.7. The molecule has 0 spiro atoms. The molecule has 0 saturated carbocycles. The number of aromatic hydroxyl groups is 4. The van der Waals surface area contributed by atoms with Crippen LogP contribution >= 0.6 is 0 Å². The Labute approximate surface area is 242 Å². The molecule has 0 bridgehead atoms. The molecule has 4 heteroatoms. The van der Waals surface area contributed by atoms with Crippen LogP contribution in [-0.4, -0.2) is 20.4 Å². The highest BCUT2D eigenvalue weighted by Gasteiger charge is 2.24. The molecule has 202 valence electrons. The summed E-state index contributed by atoms with van der Waals surface area (Å²) in [7, 11) is 0. The van der Waals surface area contributed by atoms with Gasteiger partial charge in [-0.1, -0.05) is 72.8 Å². The maximum Gasteiger partial charge on any atom is 0.115 e. The van der Waals surface area contributed by atoms with Crippen LogP contribution in [0.25, 0.3) is 66.1 Å². The maximum atomic E-state index is 10.2. The van der Waals surface area contributed by atoms with Gasteiger partial charge < -0.3 is 20.4 Å². The minimum absolute atomic E-state index is 0.168. The Balaban J connectivity index is 1.77. The quantitative estimate of drug-likeness (QED) is 0.166. The zero-order valence-electron chi connectivity index (χ0n) is 22.5. The zero-order chi connectivity index (χ0) is 28.8. The molecule has 0 unspecified atom stereocenters. The summed E-state index contributed by atoms with van der Waals surface area (Å²) in [4.78, 5) is 0. The predicted octanol–water partition coefficient (Wildman–Crippen LogP) is 9.48. The van der Waals surface area contributed by atoms with Gasteiger partial charge in [-0.2, -0.15) is 0 Å². The minimum atomic E-state index is 0.168. The van der Waals surface area contributed by atoms with Crippen molar-refractivity contribution in [1.82, 2.24) is 0 Å². The van der Waals surface area contributed by atoms with E-state index in [0.717, 1.165) is 66.1 Å². The van der Waals surface area contributed by atoms with E-state index in [2.05, 4.69) is 24.3 Å². The van der Waals surface area contributed by atoms with Gasteiger partial charge in [0.05, 0.1) is 0 Å². The van der Waals surface area contributed by atoms with Crippen molar-refractivity contribution in [1.29, 1.82) is 0 Å². The summed E-state index contributed by atoms with van der Waals surface area (Å²) in [6, 6.07) is 41.5. The van der Waals surface area contributed by atoms with Crippen molar-refractivity contribution in [3.63, 3.8) is 0 Å². The molecule has 0 fully saturated rings. The number of fused-ring (bicyclic) bond motifs is 2. The first-order valence-corrected chi connectivity index (χ1v) is 13.7. The Kier molecular flexibility index (Phi) is 6.02. The molecule has 7 rings (SSSR count). The molecule has 0 heterocycles. The van der Waals surface area contributed by atoms with Crippen molar-refractivity contribution in [2.24, 2.45) is 0 Å². The molecule has 42 heavy (non-hydrogen) atoms. The van der Waals surface area contributed by atoms with Gasteiger partial charge in [0.1, 0.15) is 23.0 Å². The highest BCUT2D eigenvalue weighted by Crippen LogP contribution is 2.52. The fourth-order valence-electron chi connectivity index (χ4n) is 5.86. The van der Waals surface area contributed by atoms with Crippen LogP contribution in [0, 0.1) is 0 Å². The topological polar surface area (TPSA) is 80.9 Å². The molecule has 0 atom stereocenters. The van der Waals surface area contributed by atoms with Crippen LogP contribution in [0.3, 0.4) is 0 Å². The lowest BCUT2D eigenvalue weighted by Gasteiger charge is -2.25. The number of hydrogen-bond donors (Lipinski definition) is 4. The summed E-state index contributed by atoms with van der Waals surface area (Å²) in [6.07, 6.45) is 0. The first-order chi connectivity index (χ1) is 20.5. The van der Waals surface area contributed by atoms with Gasteiger partial charge >= 0.3 is 0 Å². The minimum Gasteiger partial charge on any atom is -0.508 e. The second-order valence-corrected chi connectivity index (χ2v) is 10.4. The molecule has 0 aromatic heterocycles. The van der Waals surface area contributed by atoms with Gasteiger partial charge in [0, 0.05) is 0 Å². The van der Waals surface area contributed by atoms with Crippen LogP contribution in [0.1, 0.15) is 0 Å². The average molecular weight is 547 g/mol. The van der Waals surface area contributed by atoms with E-state index in [-0.39, 0.29) is 23.0 Å². The van der Waals surface area contributed by atoms with Crippen LogP contribution in [0.2, 0.25) is 0 Å². The van der Waals surface area contributed by atoms with Gasteiger partial charge in [-0.25, -0.2) is 0 Å². The van der Waals surface area contributed by atoms with Gasteiger partial charge in [0.15, 0.2) is 0 Å². The number of phenols is 4. The summed E-state index contributed by atoms with van der Waals surface area (Å²) in [5, 5.41) is 45.0. The van der Waals surface area contributed by atoms with E-state index in [1.54, 1.807) is 48.5 Å². The summed E-state index contributed by atoms with van der Waals surface area (Å²) in [5.41, 5.74) is 7.48. The Hall–Kier alpha value is -5.74. The summed E-state index contributed by atoms with van der Waals surface area (Å²) >= 11 is 0. The van der Waals surface area contributed by atoms with Gasteiger partial charge in [-0.3, -0.25) is 0 Å². The molecule has 7 aromatic rings. The van der Waals surface area contributed by atoms with E-state index in [4.69, 9.17) is 0 Å². The largest absolute Gasteiger partial charge is 0.508 e. The number of phenolic OH excluding ortho intramolecular Hbond substituents is 4. The molecule has 0 radical (unpaired) electrons. The number of rotatable bonds is 4. The third-order valence-electron chi connectivity index (χ3n) is 7.80. The van der Waals surface area contributed by atoms with Crippen LogP contribution in [0.4, 0.5) is 0 Å². The van der Waals surface area contributed by atoms with Crippen molar-refractivity contribution in [3.05, 3.63) is 133 Å². The first kappa shape index (κ1) is 25.2. The highest BCUT2D eigenvalue weighted by molar-refractivity contribution is 6.20.